The van der Waals surface area contributed by atoms with Gasteiger partial charge in [0, 0.05) is 12.6 Å². The van der Waals surface area contributed by atoms with Crippen LogP contribution < -0.4 is 10.1 Å². The molecule has 1 aliphatic heterocycles. The molecule has 1 amide bonds. The minimum atomic E-state index is 0. The lowest BCUT2D eigenvalue weighted by molar-refractivity contribution is -0.136. The van der Waals surface area contributed by atoms with Gasteiger partial charge in [-0.05, 0) is 57.0 Å². The van der Waals surface area contributed by atoms with E-state index >= 15 is 0 Å². The number of nitrogens with zero attached hydrogens (tertiary/aromatic N) is 1. The maximum atomic E-state index is 12.5. The van der Waals surface area contributed by atoms with Crippen LogP contribution in [0.2, 0.25) is 0 Å². The van der Waals surface area contributed by atoms with Crippen LogP contribution in [0, 0.1) is 6.92 Å². The Kier molecular flexibility index (Phi) is 8.28. The van der Waals surface area contributed by atoms with Gasteiger partial charge in [0.2, 0.25) is 0 Å². The Hall–Kier alpha value is -1.26. The van der Waals surface area contributed by atoms with Gasteiger partial charge in [0.15, 0.2) is 6.61 Å². The molecule has 0 spiro atoms. The smallest absolute Gasteiger partial charge is 0.260 e. The Morgan fingerprint density at radius 1 is 1.36 bits per heavy atom. The summed E-state index contributed by atoms with van der Waals surface area (Å²) in [6.45, 7) is 7.08. The summed E-state index contributed by atoms with van der Waals surface area (Å²) in [6.07, 6.45) is 3.06. The Balaban J connectivity index is 0.00000242. The van der Waals surface area contributed by atoms with Crippen molar-refractivity contribution in [2.45, 2.75) is 39.2 Å². The van der Waals surface area contributed by atoms with Gasteiger partial charge in [0.05, 0.1) is 0 Å². The van der Waals surface area contributed by atoms with E-state index in [1.54, 1.807) is 0 Å². The van der Waals surface area contributed by atoms with E-state index in [1.807, 2.05) is 36.1 Å². The molecule has 0 bridgehead atoms. The monoisotopic (exact) mass is 326 g/mol. The molecule has 0 aliphatic carbocycles. The second-order valence-electron chi connectivity index (χ2n) is 5.67. The van der Waals surface area contributed by atoms with E-state index in [2.05, 4.69) is 12.2 Å². The van der Waals surface area contributed by atoms with Crippen LogP contribution in [0.3, 0.4) is 0 Å². The molecule has 0 radical (unpaired) electrons. The van der Waals surface area contributed by atoms with Crippen LogP contribution in [-0.2, 0) is 4.79 Å². The first-order valence-electron chi connectivity index (χ1n) is 7.90. The topological polar surface area (TPSA) is 41.6 Å². The fourth-order valence-electron chi connectivity index (χ4n) is 2.80. The first-order valence-corrected chi connectivity index (χ1v) is 7.90. The number of hydrogen-bond acceptors (Lipinski definition) is 3. The molecule has 1 aromatic carbocycles. The summed E-state index contributed by atoms with van der Waals surface area (Å²) in [6, 6.07) is 8.19. The summed E-state index contributed by atoms with van der Waals surface area (Å²) in [4.78, 5) is 14.5. The van der Waals surface area contributed by atoms with Crippen LogP contribution in [0.1, 0.15) is 31.7 Å². The average molecular weight is 327 g/mol. The molecule has 22 heavy (non-hydrogen) atoms. The number of hydrogen-bond donors (Lipinski definition) is 1. The van der Waals surface area contributed by atoms with Gasteiger partial charge in [0.25, 0.3) is 5.91 Å². The number of piperidine rings is 1. The van der Waals surface area contributed by atoms with Gasteiger partial charge < -0.3 is 15.0 Å². The summed E-state index contributed by atoms with van der Waals surface area (Å²) in [5.74, 6) is 0.871. The molecule has 1 aliphatic rings. The second-order valence-corrected chi connectivity index (χ2v) is 5.67. The third kappa shape index (κ3) is 5.50. The SMILES string of the molecule is CCCN(C(=O)COc1cccc(C)c1)C1CCNCC1.Cl. The molecular formula is C17H27ClN2O2. The van der Waals surface area contributed by atoms with E-state index in [4.69, 9.17) is 4.74 Å². The number of benzene rings is 1. The van der Waals surface area contributed by atoms with E-state index < -0.39 is 0 Å². The lowest BCUT2D eigenvalue weighted by atomic mass is 10.0. The quantitative estimate of drug-likeness (QED) is 0.874. The van der Waals surface area contributed by atoms with Crippen molar-refractivity contribution in [1.29, 1.82) is 0 Å². The van der Waals surface area contributed by atoms with Crippen LogP contribution in [0.25, 0.3) is 0 Å². The van der Waals surface area contributed by atoms with Crippen molar-refractivity contribution >= 4 is 18.3 Å². The van der Waals surface area contributed by atoms with Crippen LogP contribution >= 0.6 is 12.4 Å². The third-order valence-corrected chi connectivity index (χ3v) is 3.89. The van der Waals surface area contributed by atoms with Crippen molar-refractivity contribution < 1.29 is 9.53 Å². The molecule has 0 unspecified atom stereocenters. The molecule has 2 rings (SSSR count). The van der Waals surface area contributed by atoms with E-state index in [-0.39, 0.29) is 24.9 Å². The molecule has 1 fully saturated rings. The van der Waals surface area contributed by atoms with Crippen molar-refractivity contribution in [1.82, 2.24) is 10.2 Å². The zero-order chi connectivity index (χ0) is 15.1. The maximum absolute atomic E-state index is 12.5. The summed E-state index contributed by atoms with van der Waals surface area (Å²) in [7, 11) is 0. The molecule has 124 valence electrons. The highest BCUT2D eigenvalue weighted by Gasteiger charge is 2.24. The molecule has 1 saturated heterocycles. The van der Waals surface area contributed by atoms with E-state index in [9.17, 15) is 4.79 Å². The van der Waals surface area contributed by atoms with Gasteiger partial charge >= 0.3 is 0 Å². The molecule has 4 nitrogen and oxygen atoms in total. The summed E-state index contributed by atoms with van der Waals surface area (Å²) in [5, 5.41) is 3.35. The third-order valence-electron chi connectivity index (χ3n) is 3.89. The minimum Gasteiger partial charge on any atom is -0.484 e. The average Bonchev–Trinajstić information content (AvgIpc) is 2.51. The van der Waals surface area contributed by atoms with Crippen molar-refractivity contribution in [2.24, 2.45) is 0 Å². The number of carbonyl (C=O) groups is 1. The Bertz CT molecular complexity index is 462. The highest BCUT2D eigenvalue weighted by atomic mass is 35.5. The van der Waals surface area contributed by atoms with Crippen LogP contribution in [0.15, 0.2) is 24.3 Å². The number of halogens is 1. The van der Waals surface area contributed by atoms with Gasteiger partial charge in [-0.2, -0.15) is 0 Å². The number of nitrogens with one attached hydrogen (secondary N) is 1. The van der Waals surface area contributed by atoms with Crippen molar-refractivity contribution in [3.8, 4) is 5.75 Å². The summed E-state index contributed by atoms with van der Waals surface area (Å²) >= 11 is 0. The standard InChI is InChI=1S/C17H26N2O2.ClH/c1-3-11-19(15-7-9-18-10-8-15)17(20)13-21-16-6-4-5-14(2)12-16;/h4-6,12,15,18H,3,7-11,13H2,1-2H3;1H. The van der Waals surface area contributed by atoms with Gasteiger partial charge in [-0.1, -0.05) is 19.1 Å². The Morgan fingerprint density at radius 2 is 2.09 bits per heavy atom. The number of aryl methyl sites for hydroxylation is 1. The summed E-state index contributed by atoms with van der Waals surface area (Å²) < 4.78 is 5.66. The molecular weight excluding hydrogens is 300 g/mol. The Labute approximate surface area is 139 Å². The predicted molar refractivity (Wildman–Crippen MR) is 91.8 cm³/mol. The fourth-order valence-corrected chi connectivity index (χ4v) is 2.80. The molecule has 0 saturated carbocycles. The zero-order valence-corrected chi connectivity index (χ0v) is 14.3. The summed E-state index contributed by atoms with van der Waals surface area (Å²) in [5.41, 5.74) is 1.14. The first kappa shape index (κ1) is 18.8. The fraction of sp³-hybridized carbons (Fsp3) is 0.588. The molecule has 0 atom stereocenters. The number of amides is 1. The van der Waals surface area contributed by atoms with E-state index in [0.29, 0.717) is 6.04 Å². The van der Waals surface area contributed by atoms with E-state index in [0.717, 1.165) is 50.2 Å². The number of carbonyl (C=O) groups excluding carboxylic acids is 1. The van der Waals surface area contributed by atoms with Crippen molar-refractivity contribution in [2.75, 3.05) is 26.2 Å². The lowest BCUT2D eigenvalue weighted by Crippen LogP contribution is -2.48. The predicted octanol–water partition coefficient (Wildman–Crippen LogP) is 2.79. The molecule has 1 heterocycles. The van der Waals surface area contributed by atoms with Gasteiger partial charge in [-0.25, -0.2) is 0 Å². The van der Waals surface area contributed by atoms with Crippen molar-refractivity contribution in [3.63, 3.8) is 0 Å². The van der Waals surface area contributed by atoms with Crippen LogP contribution in [0.4, 0.5) is 0 Å². The minimum absolute atomic E-state index is 0. The van der Waals surface area contributed by atoms with Crippen molar-refractivity contribution in [3.05, 3.63) is 29.8 Å². The van der Waals surface area contributed by atoms with Crippen LogP contribution in [-0.4, -0.2) is 43.1 Å². The largest absolute Gasteiger partial charge is 0.484 e. The van der Waals surface area contributed by atoms with E-state index in [1.165, 1.54) is 0 Å². The molecule has 1 N–H and O–H groups in total. The first-order chi connectivity index (χ1) is 10.2. The number of rotatable bonds is 6. The molecule has 1 aromatic rings. The molecule has 0 aromatic heterocycles. The normalized spacial score (nSPS) is 15.0. The maximum Gasteiger partial charge on any atom is 0.260 e. The van der Waals surface area contributed by atoms with Gasteiger partial charge in [0.1, 0.15) is 5.75 Å². The van der Waals surface area contributed by atoms with Gasteiger partial charge in [-0.3, -0.25) is 4.79 Å². The molecule has 5 heteroatoms. The van der Waals surface area contributed by atoms with Gasteiger partial charge in [-0.15, -0.1) is 12.4 Å². The Morgan fingerprint density at radius 3 is 2.73 bits per heavy atom. The number of ether oxygens (including phenoxy) is 1. The highest BCUT2D eigenvalue weighted by molar-refractivity contribution is 5.85. The second kappa shape index (κ2) is 9.70. The van der Waals surface area contributed by atoms with Crippen LogP contribution in [0.5, 0.6) is 5.75 Å². The zero-order valence-electron chi connectivity index (χ0n) is 13.5. The lowest BCUT2D eigenvalue weighted by Gasteiger charge is -2.34. The highest BCUT2D eigenvalue weighted by Crippen LogP contribution is 2.15.